The zero-order valence-corrected chi connectivity index (χ0v) is 13.5. The van der Waals surface area contributed by atoms with Gasteiger partial charge in [0.15, 0.2) is 0 Å². The van der Waals surface area contributed by atoms with Crippen LogP contribution in [0.25, 0.3) is 0 Å². The molecule has 0 spiro atoms. The summed E-state index contributed by atoms with van der Waals surface area (Å²) in [5.41, 5.74) is 0.906. The number of carbonyl (C=O) groups excluding carboxylic acids is 1. The van der Waals surface area contributed by atoms with E-state index in [0.29, 0.717) is 22.3 Å². The minimum absolute atomic E-state index is 0.143. The zero-order valence-electron chi connectivity index (χ0n) is 11.1. The molecule has 4 heteroatoms. The third-order valence-electron chi connectivity index (χ3n) is 3.84. The number of amides is 1. The molecule has 1 saturated carbocycles. The molecule has 2 atom stereocenters. The van der Waals surface area contributed by atoms with Crippen molar-refractivity contribution < 1.29 is 4.79 Å². The van der Waals surface area contributed by atoms with Gasteiger partial charge in [0, 0.05) is 22.9 Å². The average Bonchev–Trinajstić information content (AvgIpc) is 2.41. The Labute approximate surface area is 128 Å². The predicted molar refractivity (Wildman–Crippen MR) is 82.9 cm³/mol. The molecule has 0 radical (unpaired) electrons. The van der Waals surface area contributed by atoms with Gasteiger partial charge in [0.2, 0.25) is 5.91 Å². The number of benzene rings is 1. The fourth-order valence-electron chi connectivity index (χ4n) is 2.62. The lowest BCUT2D eigenvalue weighted by Gasteiger charge is -2.35. The summed E-state index contributed by atoms with van der Waals surface area (Å²) >= 11 is 9.81. The molecule has 2 unspecified atom stereocenters. The molecule has 2 nitrogen and oxygen atoms in total. The van der Waals surface area contributed by atoms with Crippen LogP contribution < -0.4 is 0 Å². The van der Waals surface area contributed by atoms with Crippen molar-refractivity contribution in [3.05, 3.63) is 34.9 Å². The molecule has 1 fully saturated rings. The van der Waals surface area contributed by atoms with Gasteiger partial charge in [-0.05, 0) is 24.5 Å². The maximum absolute atomic E-state index is 12.4. The van der Waals surface area contributed by atoms with Crippen LogP contribution in [0.2, 0.25) is 5.02 Å². The Morgan fingerprint density at radius 1 is 1.37 bits per heavy atom. The second-order valence-corrected chi connectivity index (χ2v) is 6.72. The molecular formula is C15H19BrClNO. The van der Waals surface area contributed by atoms with Gasteiger partial charge in [0.05, 0.1) is 6.42 Å². The van der Waals surface area contributed by atoms with Gasteiger partial charge < -0.3 is 4.90 Å². The minimum Gasteiger partial charge on any atom is -0.341 e. The van der Waals surface area contributed by atoms with E-state index >= 15 is 0 Å². The zero-order chi connectivity index (χ0) is 13.8. The van der Waals surface area contributed by atoms with Crippen LogP contribution in [0.15, 0.2) is 24.3 Å². The highest BCUT2D eigenvalue weighted by atomic mass is 79.9. The number of hydrogen-bond acceptors (Lipinski definition) is 1. The highest BCUT2D eigenvalue weighted by Gasteiger charge is 2.29. The maximum Gasteiger partial charge on any atom is 0.227 e. The number of halogens is 2. The summed E-state index contributed by atoms with van der Waals surface area (Å²) in [4.78, 5) is 14.7. The predicted octanol–water partition coefficient (Wildman–Crippen LogP) is 4.05. The molecule has 1 aromatic carbocycles. The van der Waals surface area contributed by atoms with Crippen molar-refractivity contribution in [2.24, 2.45) is 0 Å². The van der Waals surface area contributed by atoms with E-state index < -0.39 is 0 Å². The fraction of sp³-hybridized carbons (Fsp3) is 0.533. The summed E-state index contributed by atoms with van der Waals surface area (Å²) < 4.78 is 0. The van der Waals surface area contributed by atoms with Crippen LogP contribution in [-0.2, 0) is 11.2 Å². The quantitative estimate of drug-likeness (QED) is 0.758. The average molecular weight is 345 g/mol. The van der Waals surface area contributed by atoms with Crippen molar-refractivity contribution in [3.8, 4) is 0 Å². The van der Waals surface area contributed by atoms with Gasteiger partial charge in [-0.25, -0.2) is 0 Å². The Kier molecular flexibility index (Phi) is 5.28. The van der Waals surface area contributed by atoms with Gasteiger partial charge in [-0.3, -0.25) is 4.79 Å². The van der Waals surface area contributed by atoms with E-state index in [0.717, 1.165) is 18.4 Å². The minimum atomic E-state index is 0.143. The monoisotopic (exact) mass is 343 g/mol. The molecule has 0 bridgehead atoms. The van der Waals surface area contributed by atoms with Crippen molar-refractivity contribution in [2.75, 3.05) is 7.05 Å². The summed E-state index contributed by atoms with van der Waals surface area (Å²) in [5.74, 6) is 0.143. The molecule has 0 aliphatic heterocycles. The summed E-state index contributed by atoms with van der Waals surface area (Å²) in [6, 6.07) is 7.86. The first-order chi connectivity index (χ1) is 9.09. The molecule has 0 heterocycles. The highest BCUT2D eigenvalue weighted by molar-refractivity contribution is 9.09. The lowest BCUT2D eigenvalue weighted by Crippen LogP contribution is -2.44. The third kappa shape index (κ3) is 3.73. The van der Waals surface area contributed by atoms with Crippen molar-refractivity contribution in [1.82, 2.24) is 4.90 Å². The van der Waals surface area contributed by atoms with Crippen LogP contribution in [0.4, 0.5) is 0 Å². The first-order valence-electron chi connectivity index (χ1n) is 6.72. The molecule has 19 heavy (non-hydrogen) atoms. The van der Waals surface area contributed by atoms with E-state index in [1.54, 1.807) is 0 Å². The largest absolute Gasteiger partial charge is 0.341 e. The van der Waals surface area contributed by atoms with E-state index in [2.05, 4.69) is 15.9 Å². The van der Waals surface area contributed by atoms with Crippen LogP contribution >= 0.6 is 27.5 Å². The Morgan fingerprint density at radius 2 is 2.05 bits per heavy atom. The van der Waals surface area contributed by atoms with Gasteiger partial charge in [-0.15, -0.1) is 0 Å². The summed E-state index contributed by atoms with van der Waals surface area (Å²) in [6.07, 6.45) is 5.07. The number of rotatable bonds is 3. The second kappa shape index (κ2) is 6.76. The number of likely N-dealkylation sites (N-methyl/N-ethyl adjacent to an activating group) is 1. The molecule has 1 aliphatic carbocycles. The summed E-state index contributed by atoms with van der Waals surface area (Å²) in [5, 5.41) is 0.670. The number of hydrogen-bond donors (Lipinski definition) is 0. The van der Waals surface area contributed by atoms with E-state index in [1.807, 2.05) is 36.2 Å². The smallest absolute Gasteiger partial charge is 0.227 e. The van der Waals surface area contributed by atoms with Gasteiger partial charge in [-0.1, -0.05) is 58.6 Å². The maximum atomic E-state index is 12.4. The van der Waals surface area contributed by atoms with Gasteiger partial charge in [0.1, 0.15) is 0 Å². The highest BCUT2D eigenvalue weighted by Crippen LogP contribution is 2.28. The Hall–Kier alpha value is -0.540. The van der Waals surface area contributed by atoms with Crippen molar-refractivity contribution >= 4 is 33.4 Å². The third-order valence-corrected chi connectivity index (χ3v) is 5.27. The van der Waals surface area contributed by atoms with Crippen molar-refractivity contribution in [1.29, 1.82) is 0 Å². The standard InChI is InChI=1S/C15H19BrClNO/c1-18(14-9-5-3-7-12(14)16)15(19)10-11-6-2-4-8-13(11)17/h2,4,6,8,12,14H,3,5,7,9-10H2,1H3. The first kappa shape index (κ1) is 14.9. The van der Waals surface area contributed by atoms with Crippen LogP contribution in [0.1, 0.15) is 31.2 Å². The van der Waals surface area contributed by atoms with Crippen LogP contribution in [0, 0.1) is 0 Å². The van der Waals surface area contributed by atoms with Crippen LogP contribution in [-0.4, -0.2) is 28.7 Å². The molecule has 0 saturated heterocycles. The van der Waals surface area contributed by atoms with Gasteiger partial charge >= 0.3 is 0 Å². The SMILES string of the molecule is CN(C(=O)Cc1ccccc1Cl)C1CCCCC1Br. The molecule has 104 valence electrons. The Morgan fingerprint density at radius 3 is 2.74 bits per heavy atom. The normalized spacial score (nSPS) is 23.1. The molecule has 1 aliphatic rings. The van der Waals surface area contributed by atoms with Crippen molar-refractivity contribution in [2.45, 2.75) is 43.0 Å². The lowest BCUT2D eigenvalue weighted by atomic mass is 9.94. The van der Waals surface area contributed by atoms with E-state index in [9.17, 15) is 4.79 Å². The first-order valence-corrected chi connectivity index (χ1v) is 8.02. The van der Waals surface area contributed by atoms with Crippen LogP contribution in [0.5, 0.6) is 0 Å². The molecule has 0 N–H and O–H groups in total. The van der Waals surface area contributed by atoms with Crippen LogP contribution in [0.3, 0.4) is 0 Å². The fourth-order valence-corrected chi connectivity index (χ4v) is 3.76. The molecule has 1 aromatic rings. The summed E-state index contributed by atoms with van der Waals surface area (Å²) in [7, 11) is 1.91. The molecule has 2 rings (SSSR count). The Bertz CT molecular complexity index is 452. The second-order valence-electron chi connectivity index (χ2n) is 5.14. The summed E-state index contributed by atoms with van der Waals surface area (Å²) in [6.45, 7) is 0. The number of alkyl halides is 1. The van der Waals surface area contributed by atoms with Gasteiger partial charge in [0.25, 0.3) is 0 Å². The molecule has 0 aromatic heterocycles. The van der Waals surface area contributed by atoms with E-state index in [-0.39, 0.29) is 5.91 Å². The molecular weight excluding hydrogens is 326 g/mol. The number of nitrogens with zero attached hydrogens (tertiary/aromatic N) is 1. The Balaban J connectivity index is 2.01. The van der Waals surface area contributed by atoms with Gasteiger partial charge in [-0.2, -0.15) is 0 Å². The molecule has 1 amide bonds. The van der Waals surface area contributed by atoms with Crippen molar-refractivity contribution in [3.63, 3.8) is 0 Å². The lowest BCUT2D eigenvalue weighted by molar-refractivity contribution is -0.131. The van der Waals surface area contributed by atoms with E-state index in [1.165, 1.54) is 12.8 Å². The topological polar surface area (TPSA) is 20.3 Å². The number of carbonyl (C=O) groups is 1. The van der Waals surface area contributed by atoms with E-state index in [4.69, 9.17) is 11.6 Å².